The first kappa shape index (κ1) is 10.2. The molecule has 1 unspecified atom stereocenters. The monoisotopic (exact) mass is 208 g/mol. The number of nitrogens with zero attached hydrogens (tertiary/aromatic N) is 2. The number of hydrogen-bond donors (Lipinski definition) is 2. The SMILES string of the molecule is COc1cc(C)nc(NC2CCNC2)n1. The van der Waals surface area contributed by atoms with Crippen LogP contribution in [0.4, 0.5) is 5.95 Å². The summed E-state index contributed by atoms with van der Waals surface area (Å²) in [6.07, 6.45) is 1.11. The van der Waals surface area contributed by atoms with Gasteiger partial charge in [-0.1, -0.05) is 0 Å². The van der Waals surface area contributed by atoms with Gasteiger partial charge in [0, 0.05) is 24.3 Å². The zero-order valence-corrected chi connectivity index (χ0v) is 9.08. The van der Waals surface area contributed by atoms with E-state index in [1.165, 1.54) is 0 Å². The highest BCUT2D eigenvalue weighted by Crippen LogP contribution is 2.13. The Balaban J connectivity index is 2.09. The maximum Gasteiger partial charge on any atom is 0.226 e. The van der Waals surface area contributed by atoms with Crippen molar-refractivity contribution in [1.29, 1.82) is 0 Å². The van der Waals surface area contributed by atoms with E-state index in [1.54, 1.807) is 7.11 Å². The summed E-state index contributed by atoms with van der Waals surface area (Å²) in [6.45, 7) is 3.96. The molecule has 5 nitrogen and oxygen atoms in total. The van der Waals surface area contributed by atoms with E-state index in [9.17, 15) is 0 Å². The van der Waals surface area contributed by atoms with Crippen LogP contribution in [0.15, 0.2) is 6.07 Å². The summed E-state index contributed by atoms with van der Waals surface area (Å²) in [5, 5.41) is 6.58. The Morgan fingerprint density at radius 1 is 1.53 bits per heavy atom. The molecule has 0 aromatic carbocycles. The minimum Gasteiger partial charge on any atom is -0.481 e. The van der Waals surface area contributed by atoms with Crippen molar-refractivity contribution in [2.75, 3.05) is 25.5 Å². The molecule has 0 radical (unpaired) electrons. The summed E-state index contributed by atoms with van der Waals surface area (Å²) in [5.74, 6) is 1.26. The molecule has 0 aliphatic carbocycles. The first-order valence-electron chi connectivity index (χ1n) is 5.15. The Morgan fingerprint density at radius 3 is 3.07 bits per heavy atom. The van der Waals surface area contributed by atoms with Gasteiger partial charge in [0.15, 0.2) is 0 Å². The van der Waals surface area contributed by atoms with Crippen LogP contribution >= 0.6 is 0 Å². The van der Waals surface area contributed by atoms with Crippen molar-refractivity contribution in [1.82, 2.24) is 15.3 Å². The van der Waals surface area contributed by atoms with Crippen LogP contribution in [-0.2, 0) is 0 Å². The van der Waals surface area contributed by atoms with Crippen molar-refractivity contribution >= 4 is 5.95 Å². The first-order chi connectivity index (χ1) is 7.28. The van der Waals surface area contributed by atoms with Gasteiger partial charge < -0.3 is 15.4 Å². The van der Waals surface area contributed by atoms with Gasteiger partial charge in [-0.05, 0) is 19.9 Å². The van der Waals surface area contributed by atoms with Gasteiger partial charge in [0.1, 0.15) is 0 Å². The number of nitrogens with one attached hydrogen (secondary N) is 2. The van der Waals surface area contributed by atoms with Gasteiger partial charge in [-0.3, -0.25) is 0 Å². The Labute approximate surface area is 89.3 Å². The lowest BCUT2D eigenvalue weighted by atomic mass is 10.3. The molecule has 82 valence electrons. The summed E-state index contributed by atoms with van der Waals surface area (Å²) in [6, 6.07) is 2.24. The van der Waals surface area contributed by atoms with E-state index in [-0.39, 0.29) is 0 Å². The van der Waals surface area contributed by atoms with Crippen molar-refractivity contribution in [3.63, 3.8) is 0 Å². The van der Waals surface area contributed by atoms with Crippen molar-refractivity contribution < 1.29 is 4.74 Å². The highest BCUT2D eigenvalue weighted by molar-refractivity contribution is 5.32. The van der Waals surface area contributed by atoms with Crippen molar-refractivity contribution in [3.8, 4) is 5.88 Å². The minimum atomic E-state index is 0.427. The maximum absolute atomic E-state index is 5.09. The normalized spacial score (nSPS) is 20.3. The second-order valence-corrected chi connectivity index (χ2v) is 3.71. The Bertz CT molecular complexity index is 336. The second-order valence-electron chi connectivity index (χ2n) is 3.71. The molecule has 2 N–H and O–H groups in total. The summed E-state index contributed by atoms with van der Waals surface area (Å²) >= 11 is 0. The Morgan fingerprint density at radius 2 is 2.40 bits per heavy atom. The van der Waals surface area contributed by atoms with E-state index in [1.807, 2.05) is 13.0 Å². The van der Waals surface area contributed by atoms with Crippen LogP contribution in [0, 0.1) is 6.92 Å². The summed E-state index contributed by atoms with van der Waals surface area (Å²) in [5.41, 5.74) is 0.912. The van der Waals surface area contributed by atoms with E-state index in [0.29, 0.717) is 17.9 Å². The van der Waals surface area contributed by atoms with E-state index in [0.717, 1.165) is 25.2 Å². The molecule has 1 atom stereocenters. The predicted octanol–water partition coefficient (Wildman–Crippen LogP) is 0.567. The largest absolute Gasteiger partial charge is 0.481 e. The van der Waals surface area contributed by atoms with Gasteiger partial charge in [0.05, 0.1) is 7.11 Å². The van der Waals surface area contributed by atoms with Crippen LogP contribution in [0.3, 0.4) is 0 Å². The van der Waals surface area contributed by atoms with Gasteiger partial charge in [-0.15, -0.1) is 0 Å². The van der Waals surface area contributed by atoms with Crippen LogP contribution in [0.1, 0.15) is 12.1 Å². The molecule has 1 fully saturated rings. The van der Waals surface area contributed by atoms with Gasteiger partial charge in [-0.2, -0.15) is 4.98 Å². The van der Waals surface area contributed by atoms with Gasteiger partial charge in [0.2, 0.25) is 11.8 Å². The number of rotatable bonds is 3. The number of aromatic nitrogens is 2. The fraction of sp³-hybridized carbons (Fsp3) is 0.600. The molecule has 1 aromatic rings. The number of aryl methyl sites for hydroxylation is 1. The van der Waals surface area contributed by atoms with Gasteiger partial charge in [-0.25, -0.2) is 4.98 Å². The number of anilines is 1. The molecule has 1 aliphatic rings. The van der Waals surface area contributed by atoms with E-state index in [4.69, 9.17) is 4.74 Å². The molecule has 0 amide bonds. The molecule has 15 heavy (non-hydrogen) atoms. The molecule has 2 rings (SSSR count). The zero-order valence-electron chi connectivity index (χ0n) is 9.08. The summed E-state index contributed by atoms with van der Waals surface area (Å²) < 4.78 is 5.09. The Kier molecular flexibility index (Phi) is 3.01. The topological polar surface area (TPSA) is 59.1 Å². The third-order valence-corrected chi connectivity index (χ3v) is 2.43. The molecule has 2 heterocycles. The summed E-state index contributed by atoms with van der Waals surface area (Å²) in [7, 11) is 1.61. The quantitative estimate of drug-likeness (QED) is 0.760. The molecule has 1 aliphatic heterocycles. The first-order valence-corrected chi connectivity index (χ1v) is 5.15. The molecule has 0 bridgehead atoms. The summed E-state index contributed by atoms with van der Waals surface area (Å²) in [4.78, 5) is 8.56. The highest BCUT2D eigenvalue weighted by Gasteiger charge is 2.15. The fourth-order valence-corrected chi connectivity index (χ4v) is 1.67. The standard InChI is InChI=1S/C10H16N4O/c1-7-5-9(15-2)14-10(12-7)13-8-3-4-11-6-8/h5,8,11H,3-4,6H2,1-2H3,(H,12,13,14). The Hall–Kier alpha value is -1.36. The smallest absolute Gasteiger partial charge is 0.226 e. The minimum absolute atomic E-state index is 0.427. The zero-order chi connectivity index (χ0) is 10.7. The van der Waals surface area contributed by atoms with Crippen molar-refractivity contribution in [2.24, 2.45) is 0 Å². The second kappa shape index (κ2) is 4.44. The molecule has 1 aromatic heterocycles. The lowest BCUT2D eigenvalue weighted by molar-refractivity contribution is 0.397. The molecule has 5 heteroatoms. The predicted molar refractivity (Wildman–Crippen MR) is 58.2 cm³/mol. The van der Waals surface area contributed by atoms with Crippen molar-refractivity contribution in [2.45, 2.75) is 19.4 Å². The molecule has 1 saturated heterocycles. The highest BCUT2D eigenvalue weighted by atomic mass is 16.5. The van der Waals surface area contributed by atoms with Crippen LogP contribution in [0.5, 0.6) is 5.88 Å². The lowest BCUT2D eigenvalue weighted by Crippen LogP contribution is -2.23. The van der Waals surface area contributed by atoms with Crippen LogP contribution in [-0.4, -0.2) is 36.2 Å². The van der Waals surface area contributed by atoms with Crippen LogP contribution < -0.4 is 15.4 Å². The fourth-order valence-electron chi connectivity index (χ4n) is 1.67. The van der Waals surface area contributed by atoms with Gasteiger partial charge >= 0.3 is 0 Å². The van der Waals surface area contributed by atoms with E-state index < -0.39 is 0 Å². The average molecular weight is 208 g/mol. The maximum atomic E-state index is 5.09. The lowest BCUT2D eigenvalue weighted by Gasteiger charge is -2.12. The van der Waals surface area contributed by atoms with E-state index >= 15 is 0 Å². The number of ether oxygens (including phenoxy) is 1. The molecule has 0 spiro atoms. The third kappa shape index (κ3) is 2.56. The molecular weight excluding hydrogens is 192 g/mol. The molecular formula is C10H16N4O. The number of methoxy groups -OCH3 is 1. The van der Waals surface area contributed by atoms with Crippen molar-refractivity contribution in [3.05, 3.63) is 11.8 Å². The van der Waals surface area contributed by atoms with Crippen LogP contribution in [0.2, 0.25) is 0 Å². The van der Waals surface area contributed by atoms with Gasteiger partial charge in [0.25, 0.3) is 0 Å². The number of hydrogen-bond acceptors (Lipinski definition) is 5. The molecule has 0 saturated carbocycles. The van der Waals surface area contributed by atoms with Crippen LogP contribution in [0.25, 0.3) is 0 Å². The average Bonchev–Trinajstić information content (AvgIpc) is 2.69. The third-order valence-electron chi connectivity index (χ3n) is 2.43. The van der Waals surface area contributed by atoms with E-state index in [2.05, 4.69) is 20.6 Å².